The van der Waals surface area contributed by atoms with Gasteiger partial charge in [0.25, 0.3) is 0 Å². The van der Waals surface area contributed by atoms with Crippen molar-refractivity contribution in [3.63, 3.8) is 0 Å². The van der Waals surface area contributed by atoms with Gasteiger partial charge in [-0.15, -0.1) is 45.3 Å². The smallest absolute Gasteiger partial charge is 0.115 e. The first-order chi connectivity index (χ1) is 19.4. The van der Waals surface area contributed by atoms with E-state index in [1.54, 1.807) is 6.07 Å². The van der Waals surface area contributed by atoms with E-state index >= 15 is 0 Å². The van der Waals surface area contributed by atoms with Gasteiger partial charge in [0.15, 0.2) is 0 Å². The van der Waals surface area contributed by atoms with E-state index in [9.17, 15) is 5.11 Å². The molecule has 210 valence electrons. The molecule has 1 nitrogen and oxygen atoms in total. The second-order valence-electron chi connectivity index (χ2n) is 11.4. The number of aromatic hydroxyl groups is 1. The Kier molecular flexibility index (Phi) is 10.4. The van der Waals surface area contributed by atoms with Gasteiger partial charge in [0.1, 0.15) is 5.75 Å². The molecule has 1 atom stereocenters. The Morgan fingerprint density at radius 3 is 1.68 bits per heavy atom. The van der Waals surface area contributed by atoms with Gasteiger partial charge in [-0.25, -0.2) is 0 Å². The number of hydrogen-bond donors (Lipinski definition) is 1. The largest absolute Gasteiger partial charge is 0.508 e. The van der Waals surface area contributed by atoms with Crippen LogP contribution in [0.5, 0.6) is 5.75 Å². The molecule has 0 radical (unpaired) electrons. The van der Waals surface area contributed by atoms with Gasteiger partial charge in [0.05, 0.1) is 0 Å². The average molecular weight is 605 g/mol. The van der Waals surface area contributed by atoms with Gasteiger partial charge < -0.3 is 5.11 Å². The van der Waals surface area contributed by atoms with Gasteiger partial charge in [-0.3, -0.25) is 0 Å². The van der Waals surface area contributed by atoms with Crippen molar-refractivity contribution in [3.8, 4) is 35.0 Å². The highest BCUT2D eigenvalue weighted by Gasteiger charge is 2.12. The highest BCUT2D eigenvalue weighted by Crippen LogP contribution is 2.43. The van der Waals surface area contributed by atoms with Crippen LogP contribution in [0.1, 0.15) is 68.2 Å². The second kappa shape index (κ2) is 14.1. The first-order valence-electron chi connectivity index (χ1n) is 14.6. The molecule has 0 aliphatic rings. The highest BCUT2D eigenvalue weighted by atomic mass is 32.1. The average Bonchev–Trinajstić information content (AvgIpc) is 3.73. The normalized spacial score (nSPS) is 12.4. The molecule has 5 aromatic rings. The number of phenols is 1. The Morgan fingerprint density at radius 2 is 1.10 bits per heavy atom. The summed E-state index contributed by atoms with van der Waals surface area (Å²) in [7, 11) is 0. The summed E-state index contributed by atoms with van der Waals surface area (Å²) in [5.41, 5.74) is 1.20. The van der Waals surface area contributed by atoms with E-state index in [1.165, 1.54) is 76.7 Å². The third-order valence-corrected chi connectivity index (χ3v) is 12.5. The molecule has 1 N–H and O–H groups in total. The summed E-state index contributed by atoms with van der Waals surface area (Å²) in [4.78, 5) is 11.2. The van der Waals surface area contributed by atoms with Crippen molar-refractivity contribution in [2.45, 2.75) is 72.1 Å². The number of rotatable bonds is 14. The van der Waals surface area contributed by atoms with E-state index in [0.717, 1.165) is 31.1 Å². The number of aryl methyl sites for hydroxylation is 3. The minimum atomic E-state index is 0.357. The summed E-state index contributed by atoms with van der Waals surface area (Å²) in [5.74, 6) is 2.00. The molecule has 0 saturated heterocycles. The Balaban J connectivity index is 1.14. The molecule has 0 amide bonds. The van der Waals surface area contributed by atoms with Crippen molar-refractivity contribution in [3.05, 3.63) is 88.1 Å². The van der Waals surface area contributed by atoms with Crippen molar-refractivity contribution < 1.29 is 5.11 Å². The van der Waals surface area contributed by atoms with Crippen LogP contribution < -0.4 is 0 Å². The van der Waals surface area contributed by atoms with Gasteiger partial charge >= 0.3 is 0 Å². The molecule has 5 heteroatoms. The Bertz CT molecular complexity index is 1480. The van der Waals surface area contributed by atoms with Crippen molar-refractivity contribution in [1.29, 1.82) is 0 Å². The van der Waals surface area contributed by atoms with Gasteiger partial charge in [-0.05, 0) is 110 Å². The van der Waals surface area contributed by atoms with E-state index in [4.69, 9.17) is 0 Å². The zero-order valence-corrected chi connectivity index (χ0v) is 27.1. The monoisotopic (exact) mass is 604 g/mol. The van der Waals surface area contributed by atoms with Crippen LogP contribution in [0.3, 0.4) is 0 Å². The minimum Gasteiger partial charge on any atom is -0.508 e. The quantitative estimate of drug-likeness (QED) is 0.134. The molecule has 0 bridgehead atoms. The number of thiophene rings is 4. The summed E-state index contributed by atoms with van der Waals surface area (Å²) in [5, 5.41) is 9.68. The molecule has 5 rings (SSSR count). The van der Waals surface area contributed by atoms with E-state index in [1.807, 2.05) is 57.5 Å². The zero-order chi connectivity index (χ0) is 27.9. The van der Waals surface area contributed by atoms with Crippen LogP contribution >= 0.6 is 45.3 Å². The van der Waals surface area contributed by atoms with E-state index in [2.05, 4.69) is 75.4 Å². The fourth-order valence-electron chi connectivity index (χ4n) is 5.08. The summed E-state index contributed by atoms with van der Waals surface area (Å²) >= 11 is 7.72. The van der Waals surface area contributed by atoms with Gasteiger partial charge in [0, 0.05) is 39.0 Å². The van der Waals surface area contributed by atoms with Crippen LogP contribution in [0.25, 0.3) is 29.3 Å². The first kappa shape index (κ1) is 29.3. The third-order valence-electron chi connectivity index (χ3n) is 7.42. The summed E-state index contributed by atoms with van der Waals surface area (Å²) in [6.07, 6.45) is 9.76. The maximum Gasteiger partial charge on any atom is 0.115 e. The standard InChI is InChI=1S/C35H40OS4/c1-24(2)7-4-8-25(3)13-14-29-16-18-31(38-29)33-20-22-35(40-33)34-21-19-32(39-34)30-17-15-28(37-30)12-6-10-26-9-5-11-27(36)23-26/h5,9,11,15-25,36H,4,6-8,10,12-14H2,1-3H3. The van der Waals surface area contributed by atoms with Crippen LogP contribution in [-0.2, 0) is 19.3 Å². The maximum atomic E-state index is 9.68. The minimum absolute atomic E-state index is 0.357. The van der Waals surface area contributed by atoms with Crippen molar-refractivity contribution in [2.75, 3.05) is 0 Å². The topological polar surface area (TPSA) is 20.2 Å². The lowest BCUT2D eigenvalue weighted by Gasteiger charge is -2.11. The first-order valence-corrected chi connectivity index (χ1v) is 17.9. The predicted octanol–water partition coefficient (Wildman–Crippen LogP) is 12.2. The van der Waals surface area contributed by atoms with Crippen molar-refractivity contribution in [1.82, 2.24) is 0 Å². The number of benzene rings is 1. The van der Waals surface area contributed by atoms with E-state index < -0.39 is 0 Å². The highest BCUT2D eigenvalue weighted by molar-refractivity contribution is 7.28. The molecule has 0 spiro atoms. The SMILES string of the molecule is CC(C)CCCC(C)CCc1ccc(-c2ccc(-c3ccc(-c4ccc(CCCc5cccc(O)c5)s4)s3)s2)s1. The predicted molar refractivity (Wildman–Crippen MR) is 181 cm³/mol. The molecule has 0 aliphatic carbocycles. The molecular weight excluding hydrogens is 565 g/mol. The lowest BCUT2D eigenvalue weighted by atomic mass is 9.96. The fraction of sp³-hybridized carbons (Fsp3) is 0.371. The van der Waals surface area contributed by atoms with Gasteiger partial charge in [-0.1, -0.05) is 52.2 Å². The Morgan fingerprint density at radius 1 is 0.550 bits per heavy atom. The lowest BCUT2D eigenvalue weighted by molar-refractivity contribution is 0.438. The van der Waals surface area contributed by atoms with Gasteiger partial charge in [0.2, 0.25) is 0 Å². The van der Waals surface area contributed by atoms with E-state index in [0.29, 0.717) is 5.75 Å². The molecule has 1 aromatic carbocycles. The molecule has 0 saturated carbocycles. The summed E-state index contributed by atoms with van der Waals surface area (Å²) < 4.78 is 0. The fourth-order valence-corrected chi connectivity index (χ4v) is 9.44. The van der Waals surface area contributed by atoms with Crippen LogP contribution in [-0.4, -0.2) is 5.11 Å². The maximum absolute atomic E-state index is 9.68. The zero-order valence-electron chi connectivity index (χ0n) is 23.8. The Labute approximate surface area is 256 Å². The lowest BCUT2D eigenvalue weighted by Crippen LogP contribution is -1.98. The molecule has 0 aliphatic heterocycles. The van der Waals surface area contributed by atoms with Crippen LogP contribution in [0.4, 0.5) is 0 Å². The molecule has 0 fully saturated rings. The number of hydrogen-bond acceptors (Lipinski definition) is 5. The summed E-state index contributed by atoms with van der Waals surface area (Å²) in [6, 6.07) is 26.0. The van der Waals surface area contributed by atoms with Crippen molar-refractivity contribution >= 4 is 45.3 Å². The summed E-state index contributed by atoms with van der Waals surface area (Å²) in [6.45, 7) is 7.08. The van der Waals surface area contributed by atoms with Crippen LogP contribution in [0.2, 0.25) is 0 Å². The van der Waals surface area contributed by atoms with Gasteiger partial charge in [-0.2, -0.15) is 0 Å². The van der Waals surface area contributed by atoms with E-state index in [-0.39, 0.29) is 0 Å². The Hall–Kier alpha value is -2.18. The molecule has 1 unspecified atom stereocenters. The molecule has 40 heavy (non-hydrogen) atoms. The second-order valence-corrected chi connectivity index (χ2v) is 15.9. The third kappa shape index (κ3) is 8.19. The number of phenolic OH excluding ortho intramolecular Hbond substituents is 1. The van der Waals surface area contributed by atoms with Crippen LogP contribution in [0, 0.1) is 11.8 Å². The van der Waals surface area contributed by atoms with Crippen molar-refractivity contribution in [2.24, 2.45) is 11.8 Å². The van der Waals surface area contributed by atoms with Crippen LogP contribution in [0.15, 0.2) is 72.8 Å². The molecule has 4 aromatic heterocycles. The molecular formula is C35H40OS4. The molecule has 4 heterocycles.